The van der Waals surface area contributed by atoms with Crippen LogP contribution >= 0.6 is 7.92 Å². The lowest BCUT2D eigenvalue weighted by Gasteiger charge is -2.21. The van der Waals surface area contributed by atoms with E-state index in [0.29, 0.717) is 5.75 Å². The molecule has 0 saturated heterocycles. The van der Waals surface area contributed by atoms with Crippen LogP contribution in [0.4, 0.5) is 5.69 Å². The zero-order chi connectivity index (χ0) is 22.4. The summed E-state index contributed by atoms with van der Waals surface area (Å²) in [6.45, 7) is 4.20. The molecule has 4 aromatic rings. The molecule has 1 atom stereocenters. The summed E-state index contributed by atoms with van der Waals surface area (Å²) in [6, 6.07) is 39.1. The van der Waals surface area contributed by atoms with E-state index in [9.17, 15) is 4.21 Å². The van der Waals surface area contributed by atoms with Gasteiger partial charge in [0.1, 0.15) is 0 Å². The number of hydrogen-bond acceptors (Lipinski definition) is 2. The van der Waals surface area contributed by atoms with Crippen molar-refractivity contribution in [1.82, 2.24) is 0 Å². The summed E-state index contributed by atoms with van der Waals surface area (Å²) in [5.74, 6) is 0.795. The van der Waals surface area contributed by atoms with Crippen LogP contribution in [-0.2, 0) is 9.73 Å². The van der Waals surface area contributed by atoms with Gasteiger partial charge in [-0.15, -0.1) is 0 Å². The van der Waals surface area contributed by atoms with Crippen molar-refractivity contribution in [1.29, 1.82) is 0 Å². The molecular weight excluding hydrogens is 429 g/mol. The molecule has 0 aliphatic heterocycles. The van der Waals surface area contributed by atoms with Crippen molar-refractivity contribution in [2.75, 3.05) is 5.75 Å². The molecular formula is C28H28NOPS. The van der Waals surface area contributed by atoms with Gasteiger partial charge in [0.2, 0.25) is 0 Å². The second kappa shape index (κ2) is 10.3. The van der Waals surface area contributed by atoms with Crippen molar-refractivity contribution in [2.45, 2.75) is 18.7 Å². The first-order valence-electron chi connectivity index (χ1n) is 10.9. The van der Waals surface area contributed by atoms with E-state index in [1.807, 2.05) is 54.6 Å². The number of nitrogens with zero attached hydrogens (tertiary/aromatic N) is 1. The summed E-state index contributed by atoms with van der Waals surface area (Å²) >= 11 is 0. The Hall–Kier alpha value is -2.74. The van der Waals surface area contributed by atoms with Crippen LogP contribution in [0.3, 0.4) is 0 Å². The third-order valence-corrected chi connectivity index (χ3v) is 10.2. The van der Waals surface area contributed by atoms with E-state index in [4.69, 9.17) is 4.36 Å². The monoisotopic (exact) mass is 457 g/mol. The Morgan fingerprint density at radius 1 is 0.688 bits per heavy atom. The first kappa shape index (κ1) is 22.5. The van der Waals surface area contributed by atoms with Crippen molar-refractivity contribution < 1.29 is 4.21 Å². The minimum absolute atomic E-state index is 0.267. The molecule has 0 N–H and O–H groups in total. The summed E-state index contributed by atoms with van der Waals surface area (Å²) in [5.41, 5.74) is 0.820. The standard InChI is InChI=1S/C28H28NOPS/c1-23(2)22-32(30,26-18-10-5-11-19-26)29-27-20-12-13-21-28(27)31(24-14-6-3-7-15-24)25-16-8-4-9-17-25/h3-21,23H,22H2,1-2H3/t32-/m0/s1. The zero-order valence-corrected chi connectivity index (χ0v) is 20.2. The lowest BCUT2D eigenvalue weighted by molar-refractivity contribution is 0.658. The Labute approximate surface area is 193 Å². The highest BCUT2D eigenvalue weighted by atomic mass is 32.2. The van der Waals surface area contributed by atoms with Crippen LogP contribution in [0.15, 0.2) is 125 Å². The second-order valence-electron chi connectivity index (χ2n) is 8.10. The van der Waals surface area contributed by atoms with Gasteiger partial charge in [-0.3, -0.25) is 0 Å². The van der Waals surface area contributed by atoms with E-state index >= 15 is 0 Å². The molecule has 0 radical (unpaired) electrons. The molecule has 2 nitrogen and oxygen atoms in total. The molecule has 0 bridgehead atoms. The van der Waals surface area contributed by atoms with E-state index in [0.717, 1.165) is 15.9 Å². The average molecular weight is 458 g/mol. The van der Waals surface area contributed by atoms with Crippen molar-refractivity contribution in [3.05, 3.63) is 115 Å². The highest BCUT2D eigenvalue weighted by Crippen LogP contribution is 2.37. The molecule has 0 saturated carbocycles. The molecule has 4 rings (SSSR count). The van der Waals surface area contributed by atoms with Gasteiger partial charge in [0.25, 0.3) is 0 Å². The number of benzene rings is 4. The topological polar surface area (TPSA) is 29.4 Å². The zero-order valence-electron chi connectivity index (χ0n) is 18.5. The molecule has 0 amide bonds. The van der Waals surface area contributed by atoms with E-state index in [1.165, 1.54) is 10.6 Å². The van der Waals surface area contributed by atoms with Gasteiger partial charge in [0.15, 0.2) is 0 Å². The number of rotatable bonds is 7. The molecule has 0 unspecified atom stereocenters. The predicted octanol–water partition coefficient (Wildman–Crippen LogP) is 6.26. The minimum Gasteiger partial charge on any atom is -0.244 e. The van der Waals surface area contributed by atoms with E-state index in [-0.39, 0.29) is 5.92 Å². The molecule has 32 heavy (non-hydrogen) atoms. The minimum atomic E-state index is -2.61. The lowest BCUT2D eigenvalue weighted by Crippen LogP contribution is -2.21. The van der Waals surface area contributed by atoms with Gasteiger partial charge < -0.3 is 0 Å². The van der Waals surface area contributed by atoms with Gasteiger partial charge in [-0.2, -0.15) is 4.36 Å². The quantitative estimate of drug-likeness (QED) is 0.301. The summed E-state index contributed by atoms with van der Waals surface area (Å²) in [7, 11) is -3.43. The highest BCUT2D eigenvalue weighted by molar-refractivity contribution is 7.93. The molecule has 0 heterocycles. The fourth-order valence-electron chi connectivity index (χ4n) is 3.74. The molecule has 0 fully saturated rings. The van der Waals surface area contributed by atoms with Crippen LogP contribution in [0.1, 0.15) is 13.8 Å². The molecule has 0 aromatic heterocycles. The predicted molar refractivity (Wildman–Crippen MR) is 140 cm³/mol. The first-order valence-corrected chi connectivity index (χ1v) is 13.9. The Kier molecular flexibility index (Phi) is 7.19. The van der Waals surface area contributed by atoms with Crippen molar-refractivity contribution in [2.24, 2.45) is 10.3 Å². The largest absolute Gasteiger partial charge is 0.244 e. The fourth-order valence-corrected chi connectivity index (χ4v) is 8.53. The Morgan fingerprint density at radius 3 is 1.69 bits per heavy atom. The third-order valence-electron chi connectivity index (χ3n) is 5.07. The van der Waals surface area contributed by atoms with Gasteiger partial charge in [0.05, 0.1) is 15.4 Å². The Morgan fingerprint density at radius 2 is 1.16 bits per heavy atom. The van der Waals surface area contributed by atoms with Crippen LogP contribution in [-0.4, -0.2) is 9.96 Å². The summed E-state index contributed by atoms with van der Waals surface area (Å²) in [5, 5.41) is 3.64. The first-order chi connectivity index (χ1) is 15.6. The van der Waals surface area contributed by atoms with Crippen LogP contribution in [0.2, 0.25) is 0 Å². The molecule has 4 heteroatoms. The molecule has 162 valence electrons. The van der Waals surface area contributed by atoms with Crippen molar-refractivity contribution in [3.8, 4) is 0 Å². The van der Waals surface area contributed by atoms with Crippen LogP contribution < -0.4 is 15.9 Å². The average Bonchev–Trinajstić information content (AvgIpc) is 2.82. The SMILES string of the molecule is CC(C)C[S@@](=O)(=Nc1ccccc1P(c1ccccc1)c1ccccc1)c1ccccc1. The fraction of sp³-hybridized carbons (Fsp3) is 0.143. The van der Waals surface area contributed by atoms with E-state index < -0.39 is 17.7 Å². The Bertz CT molecular complexity index is 1230. The molecule has 0 aliphatic rings. The van der Waals surface area contributed by atoms with Gasteiger partial charge >= 0.3 is 0 Å². The second-order valence-corrected chi connectivity index (χ2v) is 12.6. The molecule has 0 spiro atoms. The van der Waals surface area contributed by atoms with Gasteiger partial charge in [-0.25, -0.2) is 4.21 Å². The van der Waals surface area contributed by atoms with Crippen molar-refractivity contribution in [3.63, 3.8) is 0 Å². The van der Waals surface area contributed by atoms with Crippen LogP contribution in [0.5, 0.6) is 0 Å². The highest BCUT2D eigenvalue weighted by Gasteiger charge is 2.21. The normalized spacial score (nSPS) is 13.1. The van der Waals surface area contributed by atoms with Gasteiger partial charge in [-0.05, 0) is 42.6 Å². The maximum atomic E-state index is 14.3. The molecule has 4 aromatic carbocycles. The van der Waals surface area contributed by atoms with Crippen LogP contribution in [0, 0.1) is 5.92 Å². The van der Waals surface area contributed by atoms with Crippen LogP contribution in [0.25, 0.3) is 0 Å². The number of hydrogen-bond donors (Lipinski definition) is 0. The van der Waals surface area contributed by atoms with Crippen molar-refractivity contribution >= 4 is 39.3 Å². The Balaban J connectivity index is 1.94. The lowest BCUT2D eigenvalue weighted by atomic mass is 10.3. The summed E-state index contributed by atoms with van der Waals surface area (Å²) in [6.07, 6.45) is 0. The smallest absolute Gasteiger partial charge is 0.0817 e. The van der Waals surface area contributed by atoms with Gasteiger partial charge in [-0.1, -0.05) is 111 Å². The third kappa shape index (κ3) is 5.18. The maximum Gasteiger partial charge on any atom is 0.0817 e. The maximum absolute atomic E-state index is 14.3. The summed E-state index contributed by atoms with van der Waals surface area (Å²) < 4.78 is 19.3. The summed E-state index contributed by atoms with van der Waals surface area (Å²) in [4.78, 5) is 0.798. The van der Waals surface area contributed by atoms with E-state index in [2.05, 4.69) is 74.5 Å². The van der Waals surface area contributed by atoms with Gasteiger partial charge in [0, 0.05) is 16.0 Å². The molecule has 0 aliphatic carbocycles. The van der Waals surface area contributed by atoms with E-state index in [1.54, 1.807) is 0 Å².